The van der Waals surface area contributed by atoms with Crippen molar-refractivity contribution < 1.29 is 44.2 Å². The molecule has 1 rings (SSSR count). The van der Waals surface area contributed by atoms with E-state index in [0.717, 1.165) is 116 Å². The molecule has 0 radical (unpaired) electrons. The van der Waals surface area contributed by atoms with Crippen molar-refractivity contribution in [1.29, 1.82) is 0 Å². The summed E-state index contributed by atoms with van der Waals surface area (Å²) in [5, 5.41) is 40.2. The van der Waals surface area contributed by atoms with Crippen molar-refractivity contribution >= 4 is 5.97 Å². The molecule has 0 aromatic carbocycles. The molecule has 0 aromatic rings. The number of rotatable bonds is 41. The number of aliphatic hydroxyl groups excluding tert-OH is 4. The number of hydrogen-bond donors (Lipinski definition) is 4. The molecule has 0 aromatic heterocycles. The maximum atomic E-state index is 12.8. The molecular weight excluding hydrogens is 853 g/mol. The monoisotopic (exact) mass is 943 g/mol. The zero-order chi connectivity index (χ0) is 49.2. The minimum Gasteiger partial charge on any atom is -0.457 e. The maximum Gasteiger partial charge on any atom is 0.306 e. The second-order valence-corrected chi connectivity index (χ2v) is 16.5. The van der Waals surface area contributed by atoms with Crippen LogP contribution in [0, 0.1) is 0 Å². The molecule has 1 aliphatic heterocycles. The van der Waals surface area contributed by atoms with Gasteiger partial charge in [0.05, 0.1) is 19.8 Å². The van der Waals surface area contributed by atoms with Crippen molar-refractivity contribution in [1.82, 2.24) is 0 Å². The molecule has 0 amide bonds. The van der Waals surface area contributed by atoms with Gasteiger partial charge in [-0.05, 0) is 109 Å². The van der Waals surface area contributed by atoms with Crippen molar-refractivity contribution in [2.24, 2.45) is 0 Å². The third kappa shape index (κ3) is 37.8. The number of hydrogen-bond acceptors (Lipinski definition) is 9. The SMILES string of the molecule is CC/C=C\C/C=C\C/C=C\C/C=C\C/C=C\C/C=C\C/C=C\CCCCCCOCC(COC1OC(CO)C(O)C(O)C1O)OC(=O)CC/C=C\C/C=C\C/C=C\C/C=C\C/C=C\C/C=C\CC. The smallest absolute Gasteiger partial charge is 0.306 e. The lowest BCUT2D eigenvalue weighted by molar-refractivity contribution is -0.305. The van der Waals surface area contributed by atoms with Crippen LogP contribution >= 0.6 is 0 Å². The summed E-state index contributed by atoms with van der Waals surface area (Å²) in [6.45, 7) is 4.13. The van der Waals surface area contributed by atoms with E-state index < -0.39 is 49.4 Å². The van der Waals surface area contributed by atoms with Crippen molar-refractivity contribution in [2.45, 2.75) is 179 Å². The van der Waals surface area contributed by atoms with Gasteiger partial charge in [0.15, 0.2) is 6.29 Å². The van der Waals surface area contributed by atoms with Crippen molar-refractivity contribution in [2.75, 3.05) is 26.4 Å². The van der Waals surface area contributed by atoms with Gasteiger partial charge in [-0.25, -0.2) is 0 Å². The number of carbonyl (C=O) groups excluding carboxylic acids is 1. The van der Waals surface area contributed by atoms with E-state index in [9.17, 15) is 25.2 Å². The van der Waals surface area contributed by atoms with E-state index in [1.807, 2.05) is 12.2 Å². The fourth-order valence-corrected chi connectivity index (χ4v) is 6.55. The van der Waals surface area contributed by atoms with Crippen LogP contribution in [0.1, 0.15) is 142 Å². The quantitative estimate of drug-likeness (QED) is 0.0268. The van der Waals surface area contributed by atoms with Gasteiger partial charge in [-0.2, -0.15) is 0 Å². The molecule has 380 valence electrons. The van der Waals surface area contributed by atoms with Crippen LogP contribution in [-0.4, -0.2) is 89.6 Å². The van der Waals surface area contributed by atoms with Crippen LogP contribution in [0.15, 0.2) is 158 Å². The van der Waals surface area contributed by atoms with Crippen LogP contribution < -0.4 is 0 Å². The van der Waals surface area contributed by atoms with E-state index in [0.29, 0.717) is 13.0 Å². The molecule has 0 saturated carbocycles. The Morgan fingerprint density at radius 3 is 1.26 bits per heavy atom. The van der Waals surface area contributed by atoms with Gasteiger partial charge >= 0.3 is 5.97 Å². The molecule has 0 spiro atoms. The molecule has 68 heavy (non-hydrogen) atoms. The summed E-state index contributed by atoms with van der Waals surface area (Å²) in [6.07, 6.45) is 67.2. The van der Waals surface area contributed by atoms with E-state index in [1.165, 1.54) is 0 Å². The van der Waals surface area contributed by atoms with Gasteiger partial charge in [0, 0.05) is 13.0 Å². The summed E-state index contributed by atoms with van der Waals surface area (Å²) in [5.41, 5.74) is 0. The Morgan fingerprint density at radius 1 is 0.471 bits per heavy atom. The predicted molar refractivity (Wildman–Crippen MR) is 283 cm³/mol. The lowest BCUT2D eigenvalue weighted by Crippen LogP contribution is -2.59. The molecule has 1 heterocycles. The highest BCUT2D eigenvalue weighted by molar-refractivity contribution is 5.69. The van der Waals surface area contributed by atoms with Gasteiger partial charge < -0.3 is 39.4 Å². The first-order valence-corrected chi connectivity index (χ1v) is 25.6. The highest BCUT2D eigenvalue weighted by Crippen LogP contribution is 2.22. The summed E-state index contributed by atoms with van der Waals surface area (Å²) in [5.74, 6) is -0.413. The molecule has 0 aliphatic carbocycles. The van der Waals surface area contributed by atoms with E-state index in [4.69, 9.17) is 18.9 Å². The number of allylic oxidation sites excluding steroid dienone is 26. The van der Waals surface area contributed by atoms with Crippen LogP contribution in [0.25, 0.3) is 0 Å². The largest absolute Gasteiger partial charge is 0.457 e. The molecule has 1 fully saturated rings. The Balaban J connectivity index is 2.31. The molecular formula is C59H90O9. The van der Waals surface area contributed by atoms with Gasteiger partial charge in [0.2, 0.25) is 0 Å². The van der Waals surface area contributed by atoms with Crippen LogP contribution in [-0.2, 0) is 23.7 Å². The third-order valence-corrected chi connectivity index (χ3v) is 10.5. The van der Waals surface area contributed by atoms with Gasteiger partial charge in [-0.1, -0.05) is 185 Å². The zero-order valence-electron chi connectivity index (χ0n) is 41.8. The van der Waals surface area contributed by atoms with Crippen LogP contribution in [0.2, 0.25) is 0 Å². The average Bonchev–Trinajstić information content (AvgIpc) is 3.34. The van der Waals surface area contributed by atoms with Crippen molar-refractivity contribution in [3.8, 4) is 0 Å². The number of esters is 1. The summed E-state index contributed by atoms with van der Waals surface area (Å²) in [7, 11) is 0. The van der Waals surface area contributed by atoms with Gasteiger partial charge in [0.25, 0.3) is 0 Å². The van der Waals surface area contributed by atoms with Crippen molar-refractivity contribution in [3.05, 3.63) is 158 Å². The van der Waals surface area contributed by atoms with E-state index >= 15 is 0 Å². The molecule has 6 atom stereocenters. The Hall–Kier alpha value is -4.19. The van der Waals surface area contributed by atoms with Crippen LogP contribution in [0.3, 0.4) is 0 Å². The number of carbonyl (C=O) groups is 1. The molecule has 0 bridgehead atoms. The van der Waals surface area contributed by atoms with Gasteiger partial charge in [-0.3, -0.25) is 4.79 Å². The lowest BCUT2D eigenvalue weighted by atomic mass is 9.99. The second kappa shape index (κ2) is 47.9. The molecule has 1 aliphatic rings. The predicted octanol–water partition coefficient (Wildman–Crippen LogP) is 12.8. The summed E-state index contributed by atoms with van der Waals surface area (Å²) in [4.78, 5) is 12.8. The Morgan fingerprint density at radius 2 is 0.853 bits per heavy atom. The van der Waals surface area contributed by atoms with Crippen molar-refractivity contribution in [3.63, 3.8) is 0 Å². The van der Waals surface area contributed by atoms with Gasteiger partial charge in [-0.15, -0.1) is 0 Å². The Labute approximate surface area is 412 Å². The van der Waals surface area contributed by atoms with Gasteiger partial charge in [0.1, 0.15) is 30.5 Å². The zero-order valence-corrected chi connectivity index (χ0v) is 41.8. The summed E-state index contributed by atoms with van der Waals surface area (Å²) < 4.78 is 22.8. The molecule has 6 unspecified atom stereocenters. The fourth-order valence-electron chi connectivity index (χ4n) is 6.55. The summed E-state index contributed by atoms with van der Waals surface area (Å²) >= 11 is 0. The lowest BCUT2D eigenvalue weighted by Gasteiger charge is -2.39. The first-order chi connectivity index (χ1) is 33.4. The standard InChI is InChI=1S/C59H90O9/c1-3-5-7-9-11-13-15-17-19-21-23-24-25-26-27-28-29-31-33-35-37-39-41-43-45-47-49-65-51-53(52-66-59-58(64)57(63)56(62)54(50-60)68-59)67-55(61)48-46-44-42-40-38-36-34-32-30-22-20-18-16-14-12-10-8-6-4-2/h5-8,11-14,17-20,23-24,26-27,29-32,35-38,42,44,53-54,56-60,62-64H,3-4,9-10,15-16,21-22,25,28,33-34,39-41,43,45-52H2,1-2H3/b7-5-,8-6-,13-11-,14-12-,19-17-,20-18-,24-23-,27-26-,31-29-,32-30-,37-35-,38-36-,44-42-. The first-order valence-electron chi connectivity index (χ1n) is 25.6. The molecule has 9 heteroatoms. The van der Waals surface area contributed by atoms with E-state index in [2.05, 4.69) is 160 Å². The summed E-state index contributed by atoms with van der Waals surface area (Å²) in [6, 6.07) is 0. The number of unbranched alkanes of at least 4 members (excludes halogenated alkanes) is 4. The molecule has 9 nitrogen and oxygen atoms in total. The number of aliphatic hydroxyl groups is 4. The fraction of sp³-hybridized carbons (Fsp3) is 0.542. The molecule has 4 N–H and O–H groups in total. The first kappa shape index (κ1) is 61.8. The topological polar surface area (TPSA) is 135 Å². The Bertz CT molecular complexity index is 1590. The Kier molecular flexibility index (Phi) is 43.5. The minimum absolute atomic E-state index is 0.0837. The van der Waals surface area contributed by atoms with Crippen LogP contribution in [0.5, 0.6) is 0 Å². The normalized spacial score (nSPS) is 20.5. The minimum atomic E-state index is -1.57. The number of ether oxygens (including phenoxy) is 4. The molecule has 1 saturated heterocycles. The van der Waals surface area contributed by atoms with E-state index in [-0.39, 0.29) is 19.6 Å². The highest BCUT2D eigenvalue weighted by atomic mass is 16.7. The van der Waals surface area contributed by atoms with E-state index in [1.54, 1.807) is 0 Å². The third-order valence-electron chi connectivity index (χ3n) is 10.5. The highest BCUT2D eigenvalue weighted by Gasteiger charge is 2.44. The average molecular weight is 943 g/mol. The van der Waals surface area contributed by atoms with Crippen LogP contribution in [0.4, 0.5) is 0 Å². The second-order valence-electron chi connectivity index (χ2n) is 16.5. The maximum absolute atomic E-state index is 12.8.